The number of aliphatic hydroxyl groups is 1. The summed E-state index contributed by atoms with van der Waals surface area (Å²) in [5, 5.41) is 15.9. The Hall–Kier alpha value is -1.63. The number of aliphatic hydroxyl groups excluding tert-OH is 1. The molecule has 1 rings (SSSR count). The molecule has 1 aromatic rings. The van der Waals surface area contributed by atoms with Crippen LogP contribution in [0.1, 0.15) is 23.8 Å². The van der Waals surface area contributed by atoms with Crippen molar-refractivity contribution < 1.29 is 14.6 Å². The minimum Gasteiger partial charge on any atom is -0.461 e. The second-order valence-corrected chi connectivity index (χ2v) is 2.84. The highest BCUT2D eigenvalue weighted by Gasteiger charge is 2.17. The van der Waals surface area contributed by atoms with Crippen LogP contribution in [0.5, 0.6) is 0 Å². The summed E-state index contributed by atoms with van der Waals surface area (Å²) in [6, 6.07) is 0. The molecular formula is C8H14N4O3. The minimum atomic E-state index is -0.578. The van der Waals surface area contributed by atoms with Crippen LogP contribution in [0.3, 0.4) is 0 Å². The normalized spacial score (nSPS) is 10.3. The van der Waals surface area contributed by atoms with Gasteiger partial charge in [-0.15, -0.1) is 5.10 Å². The second kappa shape index (κ2) is 5.30. The Morgan fingerprint density at radius 1 is 1.67 bits per heavy atom. The number of nitrogen functional groups attached to an aromatic ring is 1. The highest BCUT2D eigenvalue weighted by Crippen LogP contribution is 2.09. The maximum Gasteiger partial charge on any atom is 0.362 e. The van der Waals surface area contributed by atoms with Crippen molar-refractivity contribution in [2.75, 3.05) is 18.9 Å². The van der Waals surface area contributed by atoms with Crippen LogP contribution in [0.15, 0.2) is 0 Å². The summed E-state index contributed by atoms with van der Waals surface area (Å²) in [5.74, 6) is -0.410. The summed E-state index contributed by atoms with van der Waals surface area (Å²) >= 11 is 0. The van der Waals surface area contributed by atoms with Gasteiger partial charge in [-0.05, 0) is 13.3 Å². The third-order valence-corrected chi connectivity index (χ3v) is 1.77. The van der Waals surface area contributed by atoms with Crippen LogP contribution in [0.25, 0.3) is 0 Å². The van der Waals surface area contributed by atoms with Gasteiger partial charge in [0, 0.05) is 13.2 Å². The molecule has 0 unspecified atom stereocenters. The van der Waals surface area contributed by atoms with Crippen molar-refractivity contribution in [2.24, 2.45) is 0 Å². The molecule has 0 aliphatic carbocycles. The van der Waals surface area contributed by atoms with E-state index in [1.807, 2.05) is 0 Å². The smallest absolute Gasteiger partial charge is 0.362 e. The van der Waals surface area contributed by atoms with E-state index in [0.29, 0.717) is 13.0 Å². The molecule has 0 aliphatic rings. The largest absolute Gasteiger partial charge is 0.461 e. The lowest BCUT2D eigenvalue weighted by Gasteiger charge is -2.01. The lowest BCUT2D eigenvalue weighted by atomic mass is 10.4. The quantitative estimate of drug-likeness (QED) is 0.635. The molecule has 0 saturated heterocycles. The molecule has 0 aromatic carbocycles. The van der Waals surface area contributed by atoms with Crippen LogP contribution in [-0.2, 0) is 11.3 Å². The third-order valence-electron chi connectivity index (χ3n) is 1.77. The van der Waals surface area contributed by atoms with E-state index in [1.165, 1.54) is 4.68 Å². The molecule has 0 fully saturated rings. The van der Waals surface area contributed by atoms with Crippen LogP contribution in [-0.4, -0.2) is 39.3 Å². The zero-order chi connectivity index (χ0) is 11.3. The number of carbonyl (C=O) groups excluding carboxylic acids is 1. The number of aromatic nitrogens is 3. The van der Waals surface area contributed by atoms with Crippen LogP contribution in [0.2, 0.25) is 0 Å². The van der Waals surface area contributed by atoms with E-state index in [1.54, 1.807) is 6.92 Å². The molecule has 15 heavy (non-hydrogen) atoms. The average Bonchev–Trinajstić information content (AvgIpc) is 2.57. The van der Waals surface area contributed by atoms with Gasteiger partial charge < -0.3 is 15.6 Å². The first-order valence-electron chi connectivity index (χ1n) is 4.67. The van der Waals surface area contributed by atoms with Crippen molar-refractivity contribution in [1.82, 2.24) is 15.0 Å². The topological polar surface area (TPSA) is 103 Å². The molecule has 1 heterocycles. The van der Waals surface area contributed by atoms with Gasteiger partial charge in [-0.2, -0.15) is 0 Å². The van der Waals surface area contributed by atoms with Gasteiger partial charge in [0.25, 0.3) is 0 Å². The van der Waals surface area contributed by atoms with Crippen molar-refractivity contribution in [3.63, 3.8) is 0 Å². The van der Waals surface area contributed by atoms with Crippen LogP contribution in [0, 0.1) is 0 Å². The number of nitrogens with two attached hydrogens (primary N) is 1. The fourth-order valence-electron chi connectivity index (χ4n) is 1.05. The zero-order valence-electron chi connectivity index (χ0n) is 8.51. The standard InChI is InChI=1S/C8H14N4O3/c1-2-15-8(14)6-7(9)12(11-10-6)4-3-5-13/h13H,2-5,9H2,1H3. The maximum atomic E-state index is 11.3. The van der Waals surface area contributed by atoms with Crippen molar-refractivity contribution in [3.8, 4) is 0 Å². The van der Waals surface area contributed by atoms with E-state index in [9.17, 15) is 4.79 Å². The first-order chi connectivity index (χ1) is 7.20. The SMILES string of the molecule is CCOC(=O)c1nnn(CCCO)c1N. The Morgan fingerprint density at radius 2 is 2.40 bits per heavy atom. The first kappa shape index (κ1) is 11.4. The number of hydrogen-bond donors (Lipinski definition) is 2. The molecule has 1 aromatic heterocycles. The summed E-state index contributed by atoms with van der Waals surface area (Å²) < 4.78 is 6.11. The number of rotatable bonds is 5. The van der Waals surface area contributed by atoms with Crippen molar-refractivity contribution in [3.05, 3.63) is 5.69 Å². The monoisotopic (exact) mass is 214 g/mol. The summed E-state index contributed by atoms with van der Waals surface area (Å²) in [6.07, 6.45) is 0.510. The molecule has 0 aliphatic heterocycles. The van der Waals surface area contributed by atoms with E-state index in [4.69, 9.17) is 15.6 Å². The fraction of sp³-hybridized carbons (Fsp3) is 0.625. The lowest BCUT2D eigenvalue weighted by molar-refractivity contribution is 0.0520. The molecule has 0 atom stereocenters. The Balaban J connectivity index is 2.74. The summed E-state index contributed by atoms with van der Waals surface area (Å²) in [5.41, 5.74) is 5.65. The number of hydrogen-bond acceptors (Lipinski definition) is 6. The maximum absolute atomic E-state index is 11.3. The molecule has 7 heteroatoms. The van der Waals surface area contributed by atoms with E-state index < -0.39 is 5.97 Å². The van der Waals surface area contributed by atoms with Gasteiger partial charge in [0.2, 0.25) is 5.69 Å². The average molecular weight is 214 g/mol. The third kappa shape index (κ3) is 2.66. The molecule has 3 N–H and O–H groups in total. The fourth-order valence-corrected chi connectivity index (χ4v) is 1.05. The van der Waals surface area contributed by atoms with Gasteiger partial charge in [-0.1, -0.05) is 5.21 Å². The highest BCUT2D eigenvalue weighted by atomic mass is 16.5. The number of nitrogens with zero attached hydrogens (tertiary/aromatic N) is 3. The van der Waals surface area contributed by atoms with E-state index >= 15 is 0 Å². The summed E-state index contributed by atoms with van der Waals surface area (Å²) in [7, 11) is 0. The first-order valence-corrected chi connectivity index (χ1v) is 4.67. The number of esters is 1. The van der Waals surface area contributed by atoms with Gasteiger partial charge >= 0.3 is 5.97 Å². The molecule has 0 radical (unpaired) electrons. The number of ether oxygens (including phenoxy) is 1. The van der Waals surface area contributed by atoms with E-state index in [2.05, 4.69) is 10.3 Å². The second-order valence-electron chi connectivity index (χ2n) is 2.84. The predicted octanol–water partition coefficient (Wildman–Crippen LogP) is -0.581. The van der Waals surface area contributed by atoms with Crippen molar-refractivity contribution >= 4 is 11.8 Å². The number of carbonyl (C=O) groups is 1. The molecular weight excluding hydrogens is 200 g/mol. The van der Waals surface area contributed by atoms with E-state index in [0.717, 1.165) is 0 Å². The van der Waals surface area contributed by atoms with Crippen LogP contribution >= 0.6 is 0 Å². The van der Waals surface area contributed by atoms with Gasteiger partial charge in [0.1, 0.15) is 0 Å². The van der Waals surface area contributed by atoms with Crippen LogP contribution in [0.4, 0.5) is 5.82 Å². The van der Waals surface area contributed by atoms with E-state index in [-0.39, 0.29) is 24.7 Å². The summed E-state index contributed by atoms with van der Waals surface area (Å²) in [4.78, 5) is 11.3. The highest BCUT2D eigenvalue weighted by molar-refractivity contribution is 5.91. The molecule has 0 saturated carbocycles. The Morgan fingerprint density at radius 3 is 3.00 bits per heavy atom. The predicted molar refractivity (Wildman–Crippen MR) is 52.1 cm³/mol. The Bertz CT molecular complexity index is 337. The van der Waals surface area contributed by atoms with Crippen LogP contribution < -0.4 is 5.73 Å². The number of aryl methyl sites for hydroxylation is 1. The molecule has 84 valence electrons. The van der Waals surface area contributed by atoms with Gasteiger partial charge in [0.15, 0.2) is 5.82 Å². The Labute approximate surface area is 86.8 Å². The lowest BCUT2D eigenvalue weighted by Crippen LogP contribution is -2.10. The van der Waals surface area contributed by atoms with Crippen molar-refractivity contribution in [2.45, 2.75) is 19.9 Å². The minimum absolute atomic E-state index is 0.0230. The molecule has 0 bridgehead atoms. The van der Waals surface area contributed by atoms with Gasteiger partial charge in [-0.25, -0.2) is 9.48 Å². The Kier molecular flexibility index (Phi) is 4.04. The molecule has 0 amide bonds. The molecule has 0 spiro atoms. The van der Waals surface area contributed by atoms with Gasteiger partial charge in [-0.3, -0.25) is 0 Å². The number of anilines is 1. The zero-order valence-corrected chi connectivity index (χ0v) is 8.51. The van der Waals surface area contributed by atoms with Gasteiger partial charge in [0.05, 0.1) is 6.61 Å². The summed E-state index contributed by atoms with van der Waals surface area (Å²) in [6.45, 7) is 2.43. The molecule has 7 nitrogen and oxygen atoms in total. The van der Waals surface area contributed by atoms with Crippen molar-refractivity contribution in [1.29, 1.82) is 0 Å².